The number of ether oxygens (including phenoxy) is 1. The summed E-state index contributed by atoms with van der Waals surface area (Å²) in [6.45, 7) is 0.898. The van der Waals surface area contributed by atoms with Crippen LogP contribution in [0.5, 0.6) is 0 Å². The molecule has 0 atom stereocenters. The van der Waals surface area contributed by atoms with Crippen molar-refractivity contribution < 1.29 is 14.6 Å². The van der Waals surface area contributed by atoms with Gasteiger partial charge in [-0.15, -0.1) is 0 Å². The molecule has 1 fully saturated rings. The highest BCUT2D eigenvalue weighted by molar-refractivity contribution is 5.89. The minimum atomic E-state index is -0.316. The van der Waals surface area contributed by atoms with E-state index in [1.54, 1.807) is 12.1 Å². The van der Waals surface area contributed by atoms with Crippen molar-refractivity contribution in [3.8, 4) is 0 Å². The number of carbonyl (C=O) groups excluding carboxylic acids is 1. The Hall–Kier alpha value is -1.39. The van der Waals surface area contributed by atoms with E-state index >= 15 is 0 Å². The molecule has 0 aromatic heterocycles. The molecule has 110 valence electrons. The van der Waals surface area contributed by atoms with E-state index in [0.717, 1.165) is 18.4 Å². The van der Waals surface area contributed by atoms with Gasteiger partial charge in [-0.25, -0.2) is 4.79 Å². The second kappa shape index (κ2) is 6.86. The van der Waals surface area contributed by atoms with Gasteiger partial charge in [0.15, 0.2) is 0 Å². The number of rotatable bonds is 5. The molecule has 20 heavy (non-hydrogen) atoms. The maximum Gasteiger partial charge on any atom is 0.337 e. The summed E-state index contributed by atoms with van der Waals surface area (Å²) in [5.74, 6) is -0.316. The maximum absolute atomic E-state index is 11.4. The Morgan fingerprint density at radius 2 is 1.90 bits per heavy atom. The number of esters is 1. The molecule has 0 bridgehead atoms. The highest BCUT2D eigenvalue weighted by Gasteiger charge is 2.30. The third-order valence-electron chi connectivity index (χ3n) is 4.16. The zero-order valence-electron chi connectivity index (χ0n) is 12.0. The highest BCUT2D eigenvalue weighted by atomic mass is 16.5. The molecular weight excluding hydrogens is 254 g/mol. The SMILES string of the molecule is COC(=O)c1ccc(CNC2(CO)CCCCC2)cc1. The molecule has 0 amide bonds. The van der Waals surface area contributed by atoms with E-state index in [1.807, 2.05) is 12.1 Å². The first-order valence-corrected chi connectivity index (χ1v) is 7.22. The number of carbonyl (C=O) groups is 1. The molecular formula is C16H23NO3. The second-order valence-corrected chi connectivity index (χ2v) is 5.54. The number of benzene rings is 1. The Kier molecular flexibility index (Phi) is 5.15. The lowest BCUT2D eigenvalue weighted by Crippen LogP contribution is -2.49. The summed E-state index contributed by atoms with van der Waals surface area (Å²) in [6.07, 6.45) is 5.68. The molecule has 2 rings (SSSR count). The van der Waals surface area contributed by atoms with Gasteiger partial charge in [0.25, 0.3) is 0 Å². The average Bonchev–Trinajstić information content (AvgIpc) is 2.53. The van der Waals surface area contributed by atoms with E-state index in [1.165, 1.54) is 26.4 Å². The Labute approximate surface area is 120 Å². The van der Waals surface area contributed by atoms with E-state index < -0.39 is 0 Å². The number of aliphatic hydroxyl groups is 1. The summed E-state index contributed by atoms with van der Waals surface area (Å²) >= 11 is 0. The summed E-state index contributed by atoms with van der Waals surface area (Å²) < 4.78 is 4.68. The molecule has 2 N–H and O–H groups in total. The molecule has 0 aliphatic heterocycles. The summed E-state index contributed by atoms with van der Waals surface area (Å²) in [4.78, 5) is 11.4. The Balaban J connectivity index is 1.94. The molecule has 0 unspecified atom stereocenters. The topological polar surface area (TPSA) is 58.6 Å². The van der Waals surface area contributed by atoms with Crippen LogP contribution in [0.15, 0.2) is 24.3 Å². The Bertz CT molecular complexity index is 436. The second-order valence-electron chi connectivity index (χ2n) is 5.54. The lowest BCUT2D eigenvalue weighted by Gasteiger charge is -2.36. The molecule has 1 saturated carbocycles. The van der Waals surface area contributed by atoms with E-state index in [-0.39, 0.29) is 18.1 Å². The van der Waals surface area contributed by atoms with Gasteiger partial charge in [-0.1, -0.05) is 31.4 Å². The number of nitrogens with one attached hydrogen (secondary N) is 1. The molecule has 4 nitrogen and oxygen atoms in total. The number of hydrogen-bond acceptors (Lipinski definition) is 4. The van der Waals surface area contributed by atoms with Gasteiger partial charge in [-0.05, 0) is 30.5 Å². The minimum Gasteiger partial charge on any atom is -0.465 e. The zero-order valence-corrected chi connectivity index (χ0v) is 12.0. The van der Waals surface area contributed by atoms with Crippen molar-refractivity contribution in [2.45, 2.75) is 44.2 Å². The smallest absolute Gasteiger partial charge is 0.337 e. The third kappa shape index (κ3) is 3.58. The van der Waals surface area contributed by atoms with E-state index in [4.69, 9.17) is 0 Å². The predicted molar refractivity (Wildman–Crippen MR) is 77.5 cm³/mol. The summed E-state index contributed by atoms with van der Waals surface area (Å²) in [5.41, 5.74) is 1.54. The van der Waals surface area contributed by atoms with Crippen molar-refractivity contribution in [2.24, 2.45) is 0 Å². The fraction of sp³-hybridized carbons (Fsp3) is 0.562. The monoisotopic (exact) mass is 277 g/mol. The first-order chi connectivity index (χ1) is 9.69. The average molecular weight is 277 g/mol. The van der Waals surface area contributed by atoms with Crippen LogP contribution in [0.3, 0.4) is 0 Å². The van der Waals surface area contributed by atoms with Gasteiger partial charge < -0.3 is 15.2 Å². The first-order valence-electron chi connectivity index (χ1n) is 7.22. The molecule has 0 heterocycles. The van der Waals surface area contributed by atoms with Crippen LogP contribution < -0.4 is 5.32 Å². The van der Waals surface area contributed by atoms with E-state index in [0.29, 0.717) is 12.1 Å². The van der Waals surface area contributed by atoms with Crippen LogP contribution >= 0.6 is 0 Å². The van der Waals surface area contributed by atoms with Crippen molar-refractivity contribution in [1.82, 2.24) is 5.32 Å². The Morgan fingerprint density at radius 3 is 2.45 bits per heavy atom. The van der Waals surface area contributed by atoms with Gasteiger partial charge in [0.1, 0.15) is 0 Å². The lowest BCUT2D eigenvalue weighted by atomic mass is 9.82. The van der Waals surface area contributed by atoms with Crippen LogP contribution in [0, 0.1) is 0 Å². The normalized spacial score (nSPS) is 17.7. The summed E-state index contributed by atoms with van der Waals surface area (Å²) in [5, 5.41) is 13.1. The van der Waals surface area contributed by atoms with Crippen molar-refractivity contribution in [1.29, 1.82) is 0 Å². The molecule has 1 aliphatic carbocycles. The first kappa shape index (κ1) is 15.0. The fourth-order valence-corrected chi connectivity index (χ4v) is 2.79. The molecule has 0 saturated heterocycles. The Morgan fingerprint density at radius 1 is 1.25 bits per heavy atom. The van der Waals surface area contributed by atoms with E-state index in [2.05, 4.69) is 10.1 Å². The summed E-state index contributed by atoms with van der Waals surface area (Å²) in [7, 11) is 1.38. The highest BCUT2D eigenvalue weighted by Crippen LogP contribution is 2.28. The molecule has 4 heteroatoms. The molecule has 0 spiro atoms. The van der Waals surface area contributed by atoms with Crippen molar-refractivity contribution in [3.05, 3.63) is 35.4 Å². The standard InChI is InChI=1S/C16H23NO3/c1-20-15(19)14-7-5-13(6-8-14)11-17-16(12-18)9-3-2-4-10-16/h5-8,17-18H,2-4,9-12H2,1H3. The van der Waals surface area contributed by atoms with Gasteiger partial charge in [-0.3, -0.25) is 0 Å². The molecule has 1 aromatic carbocycles. The predicted octanol–water partition coefficient (Wildman–Crippen LogP) is 2.26. The summed E-state index contributed by atoms with van der Waals surface area (Å²) in [6, 6.07) is 7.39. The van der Waals surface area contributed by atoms with Crippen LogP contribution in [0.2, 0.25) is 0 Å². The quantitative estimate of drug-likeness (QED) is 0.811. The van der Waals surface area contributed by atoms with Crippen molar-refractivity contribution in [2.75, 3.05) is 13.7 Å². The van der Waals surface area contributed by atoms with Gasteiger partial charge in [0.05, 0.1) is 19.3 Å². The number of methoxy groups -OCH3 is 1. The van der Waals surface area contributed by atoms with Crippen LogP contribution in [0.1, 0.15) is 48.0 Å². The molecule has 1 aromatic rings. The van der Waals surface area contributed by atoms with Gasteiger partial charge in [0, 0.05) is 12.1 Å². The van der Waals surface area contributed by atoms with Crippen molar-refractivity contribution >= 4 is 5.97 Å². The van der Waals surface area contributed by atoms with Gasteiger partial charge in [-0.2, -0.15) is 0 Å². The minimum absolute atomic E-state index is 0.126. The van der Waals surface area contributed by atoms with E-state index in [9.17, 15) is 9.90 Å². The fourth-order valence-electron chi connectivity index (χ4n) is 2.79. The third-order valence-corrected chi connectivity index (χ3v) is 4.16. The number of hydrogen-bond donors (Lipinski definition) is 2. The van der Waals surface area contributed by atoms with Gasteiger partial charge >= 0.3 is 5.97 Å². The molecule has 0 radical (unpaired) electrons. The van der Waals surface area contributed by atoms with Crippen LogP contribution in [0.4, 0.5) is 0 Å². The van der Waals surface area contributed by atoms with Crippen LogP contribution in [0.25, 0.3) is 0 Å². The van der Waals surface area contributed by atoms with Crippen LogP contribution in [-0.4, -0.2) is 30.3 Å². The van der Waals surface area contributed by atoms with Crippen molar-refractivity contribution in [3.63, 3.8) is 0 Å². The van der Waals surface area contributed by atoms with Crippen LogP contribution in [-0.2, 0) is 11.3 Å². The molecule has 1 aliphatic rings. The zero-order chi connectivity index (χ0) is 14.4. The largest absolute Gasteiger partial charge is 0.465 e. The lowest BCUT2D eigenvalue weighted by molar-refractivity contribution is 0.0600. The van der Waals surface area contributed by atoms with Gasteiger partial charge in [0.2, 0.25) is 0 Å². The maximum atomic E-state index is 11.4. The number of aliphatic hydroxyl groups excluding tert-OH is 1.